The number of nitrogens with zero attached hydrogens (tertiary/aromatic N) is 1. The van der Waals surface area contributed by atoms with Crippen molar-refractivity contribution in [2.24, 2.45) is 0 Å². The smallest absolute Gasteiger partial charge is 0.159 e. The van der Waals surface area contributed by atoms with Gasteiger partial charge in [-0.15, -0.1) is 0 Å². The lowest BCUT2D eigenvalue weighted by molar-refractivity contribution is 0.661. The number of aromatic nitrogens is 1. The van der Waals surface area contributed by atoms with E-state index in [0.717, 1.165) is 93.7 Å². The minimum absolute atomic E-state index is 0.836. The molecule has 11 rings (SSSR count). The molecule has 0 saturated carbocycles. The molecule has 214 valence electrons. The normalized spacial score (nSPS) is 12.3. The molecule has 46 heavy (non-hydrogen) atoms. The largest absolute Gasteiger partial charge is 0.456 e. The van der Waals surface area contributed by atoms with E-state index in [9.17, 15) is 0 Å². The number of hydrogen-bond acceptors (Lipinski definition) is 3. The van der Waals surface area contributed by atoms with Crippen molar-refractivity contribution >= 4 is 87.6 Å². The van der Waals surface area contributed by atoms with Crippen LogP contribution in [0.5, 0.6) is 0 Å². The van der Waals surface area contributed by atoms with Crippen LogP contribution in [0.25, 0.3) is 104 Å². The summed E-state index contributed by atoms with van der Waals surface area (Å²) in [7, 11) is 0. The van der Waals surface area contributed by atoms with Gasteiger partial charge in [-0.05, 0) is 54.1 Å². The quantitative estimate of drug-likeness (QED) is 0.201. The number of furan rings is 3. The van der Waals surface area contributed by atoms with Gasteiger partial charge in [-0.25, -0.2) is 0 Å². The summed E-state index contributed by atoms with van der Waals surface area (Å²) in [5.41, 5.74) is 10.6. The van der Waals surface area contributed by atoms with Gasteiger partial charge in [-0.3, -0.25) is 0 Å². The highest BCUT2D eigenvalue weighted by molar-refractivity contribution is 6.27. The number of para-hydroxylation sites is 5. The van der Waals surface area contributed by atoms with Crippen molar-refractivity contribution in [1.82, 2.24) is 4.57 Å². The molecule has 0 aliphatic heterocycles. The molecular weight excluding hydrogens is 566 g/mol. The molecule has 4 heterocycles. The predicted molar refractivity (Wildman–Crippen MR) is 188 cm³/mol. The zero-order valence-electron chi connectivity index (χ0n) is 24.5. The summed E-state index contributed by atoms with van der Waals surface area (Å²) >= 11 is 0. The van der Waals surface area contributed by atoms with Crippen molar-refractivity contribution in [2.75, 3.05) is 0 Å². The number of rotatable bonds is 2. The number of hydrogen-bond donors (Lipinski definition) is 0. The molecule has 0 spiro atoms. The van der Waals surface area contributed by atoms with E-state index in [0.29, 0.717) is 0 Å². The molecule has 7 aromatic carbocycles. The van der Waals surface area contributed by atoms with Crippen molar-refractivity contribution in [3.8, 4) is 16.8 Å². The van der Waals surface area contributed by atoms with E-state index < -0.39 is 0 Å². The Labute approximate surface area is 261 Å². The number of benzene rings is 7. The molecule has 11 aromatic rings. The Hall–Kier alpha value is -6.26. The second-order valence-electron chi connectivity index (χ2n) is 12.0. The molecule has 0 aliphatic rings. The first kappa shape index (κ1) is 24.1. The maximum absolute atomic E-state index is 6.76. The summed E-state index contributed by atoms with van der Waals surface area (Å²) < 4.78 is 21.9. The Morgan fingerprint density at radius 3 is 1.78 bits per heavy atom. The van der Waals surface area contributed by atoms with Crippen molar-refractivity contribution in [3.05, 3.63) is 140 Å². The zero-order chi connectivity index (χ0) is 29.9. The number of fused-ring (bicyclic) bond motifs is 13. The van der Waals surface area contributed by atoms with Crippen LogP contribution < -0.4 is 0 Å². The first-order valence-electron chi connectivity index (χ1n) is 15.5. The van der Waals surface area contributed by atoms with E-state index in [1.54, 1.807) is 0 Å². The van der Waals surface area contributed by atoms with E-state index in [-0.39, 0.29) is 0 Å². The molecule has 4 heteroatoms. The van der Waals surface area contributed by atoms with Gasteiger partial charge < -0.3 is 17.8 Å². The van der Waals surface area contributed by atoms with E-state index in [1.807, 2.05) is 24.3 Å². The van der Waals surface area contributed by atoms with Gasteiger partial charge >= 0.3 is 0 Å². The second-order valence-corrected chi connectivity index (χ2v) is 12.0. The van der Waals surface area contributed by atoms with Gasteiger partial charge in [0.25, 0.3) is 0 Å². The van der Waals surface area contributed by atoms with Gasteiger partial charge in [-0.1, -0.05) is 91.0 Å². The molecule has 0 bridgehead atoms. The molecule has 0 fully saturated rings. The van der Waals surface area contributed by atoms with Gasteiger partial charge in [0.15, 0.2) is 5.58 Å². The van der Waals surface area contributed by atoms with Crippen LogP contribution in [0.2, 0.25) is 0 Å². The Kier molecular flexibility index (Phi) is 4.55. The van der Waals surface area contributed by atoms with Crippen LogP contribution in [0, 0.1) is 0 Å². The average molecular weight is 590 g/mol. The summed E-state index contributed by atoms with van der Waals surface area (Å²) in [6.07, 6.45) is 0. The van der Waals surface area contributed by atoms with Crippen molar-refractivity contribution in [1.29, 1.82) is 0 Å². The highest BCUT2D eigenvalue weighted by atomic mass is 16.3. The lowest BCUT2D eigenvalue weighted by atomic mass is 9.99. The fraction of sp³-hybridized carbons (Fsp3) is 0. The highest BCUT2D eigenvalue weighted by Gasteiger charge is 2.21. The van der Waals surface area contributed by atoms with Crippen LogP contribution >= 0.6 is 0 Å². The Balaban J connectivity index is 1.21. The second kappa shape index (κ2) is 8.68. The van der Waals surface area contributed by atoms with Gasteiger partial charge in [0.1, 0.15) is 27.9 Å². The molecule has 4 aromatic heterocycles. The lowest BCUT2D eigenvalue weighted by Gasteiger charge is -2.08. The third kappa shape index (κ3) is 3.07. The maximum Gasteiger partial charge on any atom is 0.159 e. The van der Waals surface area contributed by atoms with E-state index in [4.69, 9.17) is 13.3 Å². The Bertz CT molecular complexity index is 2980. The fourth-order valence-electron chi connectivity index (χ4n) is 7.64. The van der Waals surface area contributed by atoms with E-state index >= 15 is 0 Å². The SMILES string of the molecule is c1ccc2c(c1)oc1c(-c3ccc4oc5ccc6oc7c(-n8c9ccccc9c9ccccc98)cccc7c6c5c4c3)cccc12. The Morgan fingerprint density at radius 1 is 0.370 bits per heavy atom. The topological polar surface area (TPSA) is 44.4 Å². The molecular formula is C42H23NO3. The summed E-state index contributed by atoms with van der Waals surface area (Å²) in [5, 5.41) is 8.93. The third-order valence-corrected chi connectivity index (χ3v) is 9.61. The first-order valence-corrected chi connectivity index (χ1v) is 15.5. The molecule has 0 aliphatic carbocycles. The molecule has 0 saturated heterocycles. The average Bonchev–Trinajstić information content (AvgIpc) is 3.86. The van der Waals surface area contributed by atoms with E-state index in [1.165, 1.54) is 10.8 Å². The van der Waals surface area contributed by atoms with Crippen molar-refractivity contribution in [3.63, 3.8) is 0 Å². The highest BCUT2D eigenvalue weighted by Crippen LogP contribution is 2.44. The third-order valence-electron chi connectivity index (χ3n) is 9.61. The van der Waals surface area contributed by atoms with Crippen molar-refractivity contribution in [2.45, 2.75) is 0 Å². The van der Waals surface area contributed by atoms with Gasteiger partial charge in [0.2, 0.25) is 0 Å². The van der Waals surface area contributed by atoms with Crippen LogP contribution in [0.1, 0.15) is 0 Å². The van der Waals surface area contributed by atoms with Crippen LogP contribution in [0.15, 0.2) is 153 Å². The van der Waals surface area contributed by atoms with Crippen LogP contribution in [0.4, 0.5) is 0 Å². The van der Waals surface area contributed by atoms with Crippen LogP contribution in [0.3, 0.4) is 0 Å². The predicted octanol–water partition coefficient (Wildman–Crippen LogP) is 12.1. The van der Waals surface area contributed by atoms with E-state index in [2.05, 4.69) is 120 Å². The Morgan fingerprint density at radius 2 is 0.957 bits per heavy atom. The zero-order valence-corrected chi connectivity index (χ0v) is 24.5. The molecule has 0 atom stereocenters. The van der Waals surface area contributed by atoms with Crippen molar-refractivity contribution < 1.29 is 13.3 Å². The molecule has 4 nitrogen and oxygen atoms in total. The minimum Gasteiger partial charge on any atom is -0.456 e. The lowest BCUT2D eigenvalue weighted by Crippen LogP contribution is -1.93. The first-order chi connectivity index (χ1) is 22.8. The maximum atomic E-state index is 6.76. The van der Waals surface area contributed by atoms with Gasteiger partial charge in [0.05, 0.1) is 16.7 Å². The van der Waals surface area contributed by atoms with Crippen LogP contribution in [-0.2, 0) is 0 Å². The monoisotopic (exact) mass is 589 g/mol. The minimum atomic E-state index is 0.836. The molecule has 0 unspecified atom stereocenters. The summed E-state index contributed by atoms with van der Waals surface area (Å²) in [6, 6.07) is 48.7. The van der Waals surface area contributed by atoms with Crippen LogP contribution in [-0.4, -0.2) is 4.57 Å². The summed E-state index contributed by atoms with van der Waals surface area (Å²) in [6.45, 7) is 0. The standard InChI is InChI=1S/C42H23NO3/c1-4-15-32-26(9-1)27-10-2-5-16-33(27)43(32)34-17-8-14-30-39-38(46-42(30)34)22-21-37-40(39)31-23-24(19-20-36(31)44-37)25-12-7-13-29-28-11-3-6-18-35(28)45-41(25)29/h1-23H. The summed E-state index contributed by atoms with van der Waals surface area (Å²) in [5.74, 6) is 0. The molecule has 0 radical (unpaired) electrons. The summed E-state index contributed by atoms with van der Waals surface area (Å²) in [4.78, 5) is 0. The fourth-order valence-corrected chi connectivity index (χ4v) is 7.64. The molecule has 0 amide bonds. The molecule has 0 N–H and O–H groups in total. The van der Waals surface area contributed by atoms with Gasteiger partial charge in [-0.2, -0.15) is 0 Å². The van der Waals surface area contributed by atoms with Gasteiger partial charge in [0, 0.05) is 48.7 Å².